The highest BCUT2D eigenvalue weighted by molar-refractivity contribution is 6.38. The van der Waals surface area contributed by atoms with Crippen LogP contribution < -0.4 is 5.32 Å². The maximum atomic E-state index is 11.2. The second kappa shape index (κ2) is 5.04. The van der Waals surface area contributed by atoms with Crippen LogP contribution in [0.3, 0.4) is 0 Å². The topological polar surface area (TPSA) is 72.0 Å². The number of amides is 1. The third-order valence-electron chi connectivity index (χ3n) is 1.43. The summed E-state index contributed by atoms with van der Waals surface area (Å²) in [7, 11) is 0. The molecule has 0 aliphatic heterocycles. The Morgan fingerprint density at radius 2 is 1.87 bits per heavy atom. The lowest BCUT2D eigenvalue weighted by Gasteiger charge is -2.05. The molecule has 1 N–H and O–H groups in total. The minimum atomic E-state index is -0.499. The van der Waals surface area contributed by atoms with Gasteiger partial charge in [-0.05, 0) is 6.92 Å². The van der Waals surface area contributed by atoms with Gasteiger partial charge in [0.2, 0.25) is 5.91 Å². The van der Waals surface area contributed by atoms with E-state index in [1.807, 2.05) is 0 Å². The molecule has 1 aromatic rings. The monoisotopic (exact) mass is 247 g/mol. The summed E-state index contributed by atoms with van der Waals surface area (Å²) in [6.07, 6.45) is 0.937. The molecule has 0 saturated heterocycles. The van der Waals surface area contributed by atoms with Crippen molar-refractivity contribution < 1.29 is 9.59 Å². The van der Waals surface area contributed by atoms with Crippen molar-refractivity contribution in [2.24, 2.45) is 0 Å². The summed E-state index contributed by atoms with van der Waals surface area (Å²) in [6, 6.07) is 0. The maximum absolute atomic E-state index is 11.2. The van der Waals surface area contributed by atoms with Gasteiger partial charge in [-0.3, -0.25) is 9.59 Å². The number of halogens is 2. The van der Waals surface area contributed by atoms with E-state index >= 15 is 0 Å². The number of aromatic nitrogens is 2. The van der Waals surface area contributed by atoms with Crippen molar-refractivity contribution in [3.05, 3.63) is 16.6 Å². The summed E-state index contributed by atoms with van der Waals surface area (Å²) in [5, 5.41) is 2.43. The molecule has 0 fully saturated rings. The van der Waals surface area contributed by atoms with Crippen molar-refractivity contribution >= 4 is 40.6 Å². The van der Waals surface area contributed by atoms with Gasteiger partial charge < -0.3 is 5.32 Å². The zero-order valence-corrected chi connectivity index (χ0v) is 9.26. The fourth-order valence-corrected chi connectivity index (χ4v) is 1.27. The Morgan fingerprint density at radius 3 is 2.33 bits per heavy atom. The predicted octanol–water partition coefficient (Wildman–Crippen LogP) is 1.70. The van der Waals surface area contributed by atoms with Crippen molar-refractivity contribution in [2.45, 2.75) is 13.3 Å². The number of ketones is 1. The van der Waals surface area contributed by atoms with Gasteiger partial charge in [-0.25, -0.2) is 9.97 Å². The van der Waals surface area contributed by atoms with Crippen molar-refractivity contribution in [1.82, 2.24) is 9.97 Å². The van der Waals surface area contributed by atoms with Crippen LogP contribution in [0.15, 0.2) is 6.33 Å². The summed E-state index contributed by atoms with van der Waals surface area (Å²) < 4.78 is 0. The molecule has 0 radical (unpaired) electrons. The third-order valence-corrected chi connectivity index (χ3v) is 2.00. The van der Waals surface area contributed by atoms with Crippen molar-refractivity contribution in [3.63, 3.8) is 0 Å². The first-order valence-electron chi connectivity index (χ1n) is 3.96. The molecule has 7 heteroatoms. The number of carbonyl (C=O) groups excluding carboxylic acids is 2. The first kappa shape index (κ1) is 11.9. The molecule has 0 unspecified atom stereocenters. The molecule has 15 heavy (non-hydrogen) atoms. The highest BCUT2D eigenvalue weighted by Gasteiger charge is 2.12. The predicted molar refractivity (Wildman–Crippen MR) is 56.0 cm³/mol. The number of anilines is 1. The fraction of sp³-hybridized carbons (Fsp3) is 0.250. The largest absolute Gasteiger partial charge is 0.321 e. The van der Waals surface area contributed by atoms with Gasteiger partial charge >= 0.3 is 0 Å². The Hall–Kier alpha value is -1.20. The minimum Gasteiger partial charge on any atom is -0.321 e. The van der Waals surface area contributed by atoms with Gasteiger partial charge in [0.1, 0.15) is 17.8 Å². The average molecular weight is 248 g/mol. The van der Waals surface area contributed by atoms with Gasteiger partial charge in [0, 0.05) is 0 Å². The second-order valence-corrected chi connectivity index (χ2v) is 3.47. The first-order chi connectivity index (χ1) is 7.00. The summed E-state index contributed by atoms with van der Waals surface area (Å²) in [6.45, 7) is 1.31. The van der Waals surface area contributed by atoms with Crippen LogP contribution in [0.4, 0.5) is 5.69 Å². The summed E-state index contributed by atoms with van der Waals surface area (Å²) >= 11 is 11.3. The van der Waals surface area contributed by atoms with Crippen molar-refractivity contribution in [2.75, 3.05) is 5.32 Å². The molecule has 0 spiro atoms. The van der Waals surface area contributed by atoms with E-state index in [1.54, 1.807) is 0 Å². The Kier molecular flexibility index (Phi) is 3.99. The number of rotatable bonds is 3. The van der Waals surface area contributed by atoms with Gasteiger partial charge in [0.25, 0.3) is 0 Å². The Balaban J connectivity index is 2.80. The Morgan fingerprint density at radius 1 is 1.33 bits per heavy atom. The molecule has 5 nitrogen and oxygen atoms in total. The van der Waals surface area contributed by atoms with Crippen LogP contribution >= 0.6 is 23.2 Å². The van der Waals surface area contributed by atoms with E-state index in [9.17, 15) is 9.59 Å². The molecule has 0 bridgehead atoms. The number of carbonyl (C=O) groups is 2. The lowest BCUT2D eigenvalue weighted by Crippen LogP contribution is -2.15. The van der Waals surface area contributed by atoms with Crippen LogP contribution in [-0.2, 0) is 9.59 Å². The van der Waals surface area contributed by atoms with Crippen LogP contribution in [0.25, 0.3) is 0 Å². The quantitative estimate of drug-likeness (QED) is 0.652. The number of nitrogens with one attached hydrogen (secondary N) is 1. The average Bonchev–Trinajstić information content (AvgIpc) is 2.10. The van der Waals surface area contributed by atoms with Crippen LogP contribution in [0.5, 0.6) is 0 Å². The summed E-state index contributed by atoms with van der Waals surface area (Å²) in [5.74, 6) is -0.752. The highest BCUT2D eigenvalue weighted by atomic mass is 35.5. The SMILES string of the molecule is CC(=O)CC(=O)Nc1c(Cl)ncnc1Cl. The van der Waals surface area contributed by atoms with Crippen molar-refractivity contribution in [1.29, 1.82) is 0 Å². The van der Waals surface area contributed by atoms with Crippen LogP contribution in [-0.4, -0.2) is 21.7 Å². The molecular formula is C8H7Cl2N3O2. The molecule has 0 saturated carbocycles. The molecule has 0 aromatic carbocycles. The molecular weight excluding hydrogens is 241 g/mol. The zero-order valence-electron chi connectivity index (χ0n) is 7.75. The Bertz CT molecular complexity index is 389. The Labute approximate surface area is 95.8 Å². The van der Waals surface area contributed by atoms with Gasteiger partial charge in [0.05, 0.1) is 6.42 Å². The van der Waals surface area contributed by atoms with Gasteiger partial charge in [-0.15, -0.1) is 0 Å². The second-order valence-electron chi connectivity index (χ2n) is 2.76. The molecule has 0 aliphatic carbocycles. The molecule has 1 aromatic heterocycles. The molecule has 80 valence electrons. The molecule has 1 amide bonds. The van der Waals surface area contributed by atoms with E-state index in [1.165, 1.54) is 13.3 Å². The summed E-state index contributed by atoms with van der Waals surface area (Å²) in [5.41, 5.74) is 0.118. The maximum Gasteiger partial charge on any atom is 0.231 e. The van der Waals surface area contributed by atoms with E-state index in [4.69, 9.17) is 23.2 Å². The number of Topliss-reactive ketones (excluding diaryl/α,β-unsaturated/α-hetero) is 1. The van der Waals surface area contributed by atoms with Crippen molar-refractivity contribution in [3.8, 4) is 0 Å². The molecule has 0 atom stereocenters. The minimum absolute atomic E-state index is 0.0342. The van der Waals surface area contributed by atoms with E-state index in [2.05, 4.69) is 15.3 Å². The first-order valence-corrected chi connectivity index (χ1v) is 4.71. The van der Waals surface area contributed by atoms with E-state index in [0.717, 1.165) is 0 Å². The van der Waals surface area contributed by atoms with Crippen LogP contribution in [0.1, 0.15) is 13.3 Å². The fourth-order valence-electron chi connectivity index (χ4n) is 0.857. The molecule has 0 aliphatic rings. The van der Waals surface area contributed by atoms with Gasteiger partial charge in [0.15, 0.2) is 10.3 Å². The number of nitrogens with zero attached hydrogens (tertiary/aromatic N) is 2. The lowest BCUT2D eigenvalue weighted by atomic mass is 10.3. The van der Waals surface area contributed by atoms with Gasteiger partial charge in [-0.1, -0.05) is 23.2 Å². The summed E-state index contributed by atoms with van der Waals surface area (Å²) in [4.78, 5) is 29.2. The smallest absolute Gasteiger partial charge is 0.231 e. The molecule has 1 heterocycles. The molecule has 1 rings (SSSR count). The van der Waals surface area contributed by atoms with E-state index in [-0.39, 0.29) is 28.2 Å². The normalized spacial score (nSPS) is 9.80. The zero-order chi connectivity index (χ0) is 11.4. The van der Waals surface area contributed by atoms with Gasteiger partial charge in [-0.2, -0.15) is 0 Å². The van der Waals surface area contributed by atoms with Crippen LogP contribution in [0, 0.1) is 0 Å². The third kappa shape index (κ3) is 3.45. The number of hydrogen-bond donors (Lipinski definition) is 1. The highest BCUT2D eigenvalue weighted by Crippen LogP contribution is 2.25. The van der Waals surface area contributed by atoms with E-state index in [0.29, 0.717) is 0 Å². The van der Waals surface area contributed by atoms with Crippen LogP contribution in [0.2, 0.25) is 10.3 Å². The van der Waals surface area contributed by atoms with E-state index < -0.39 is 5.91 Å². The lowest BCUT2D eigenvalue weighted by molar-refractivity contribution is -0.124. The number of hydrogen-bond acceptors (Lipinski definition) is 4. The standard InChI is InChI=1S/C8H7Cl2N3O2/c1-4(14)2-5(15)13-6-7(9)11-3-12-8(6)10/h3H,2H2,1H3,(H,13,15).